The van der Waals surface area contributed by atoms with Gasteiger partial charge in [0.15, 0.2) is 11.0 Å². The number of hydrogen-bond acceptors (Lipinski definition) is 4. The van der Waals surface area contributed by atoms with Gasteiger partial charge in [0.2, 0.25) is 0 Å². The molecule has 2 heterocycles. The maximum absolute atomic E-state index is 13.3. The van der Waals surface area contributed by atoms with Gasteiger partial charge in [0.05, 0.1) is 0 Å². The summed E-state index contributed by atoms with van der Waals surface area (Å²) in [6.45, 7) is 2.30. The summed E-state index contributed by atoms with van der Waals surface area (Å²) in [6.07, 6.45) is 1.91. The van der Waals surface area contributed by atoms with Crippen LogP contribution in [0.4, 0.5) is 14.6 Å². The van der Waals surface area contributed by atoms with Crippen LogP contribution in [-0.2, 0) is 6.54 Å². The first-order valence-electron chi connectivity index (χ1n) is 7.90. The minimum absolute atomic E-state index is 0.362. The van der Waals surface area contributed by atoms with Crippen LogP contribution in [0.2, 0.25) is 5.15 Å². The molecular weight excluding hydrogens is 334 g/mol. The van der Waals surface area contributed by atoms with E-state index in [-0.39, 0.29) is 0 Å². The molecule has 0 atom stereocenters. The molecule has 0 N–H and O–H groups in total. The molecule has 0 unspecified atom stereocenters. The SMILES string of the molecule is CN(c1ccc(Cl)nn1)C1CCN(Cc2cc(F)cc(F)c2)CC1. The Morgan fingerprint density at radius 2 is 1.79 bits per heavy atom. The van der Waals surface area contributed by atoms with Gasteiger partial charge in [-0.25, -0.2) is 8.78 Å². The Morgan fingerprint density at radius 1 is 1.12 bits per heavy atom. The maximum Gasteiger partial charge on any atom is 0.151 e. The minimum atomic E-state index is -0.527. The van der Waals surface area contributed by atoms with Crippen LogP contribution in [0.5, 0.6) is 0 Å². The monoisotopic (exact) mass is 352 g/mol. The van der Waals surface area contributed by atoms with Crippen molar-refractivity contribution in [2.45, 2.75) is 25.4 Å². The van der Waals surface area contributed by atoms with Gasteiger partial charge < -0.3 is 4.90 Å². The highest BCUT2D eigenvalue weighted by molar-refractivity contribution is 6.29. The molecule has 24 heavy (non-hydrogen) atoms. The first kappa shape index (κ1) is 17.0. The molecule has 0 spiro atoms. The molecule has 3 rings (SSSR count). The summed E-state index contributed by atoms with van der Waals surface area (Å²) in [6, 6.07) is 7.64. The highest BCUT2D eigenvalue weighted by atomic mass is 35.5. The molecule has 0 bridgehead atoms. The topological polar surface area (TPSA) is 32.3 Å². The standard InChI is InChI=1S/C17H19ClF2N4/c1-23(17-3-2-16(18)21-22-17)15-4-6-24(7-5-15)11-12-8-13(19)10-14(20)9-12/h2-3,8-10,15H,4-7,11H2,1H3. The lowest BCUT2D eigenvalue weighted by atomic mass is 10.0. The van der Waals surface area contributed by atoms with Crippen molar-refractivity contribution in [3.63, 3.8) is 0 Å². The van der Waals surface area contributed by atoms with Crippen LogP contribution < -0.4 is 4.90 Å². The molecule has 0 aliphatic carbocycles. The van der Waals surface area contributed by atoms with Gasteiger partial charge in [0, 0.05) is 38.8 Å². The Balaban J connectivity index is 1.56. The summed E-state index contributed by atoms with van der Waals surface area (Å²) in [7, 11) is 2.00. The Kier molecular flexibility index (Phi) is 5.26. The van der Waals surface area contributed by atoms with Gasteiger partial charge in [0.1, 0.15) is 11.6 Å². The number of halogens is 3. The summed E-state index contributed by atoms with van der Waals surface area (Å²) < 4.78 is 26.6. The molecule has 1 fully saturated rings. The van der Waals surface area contributed by atoms with Crippen LogP contribution in [0.25, 0.3) is 0 Å². The quantitative estimate of drug-likeness (QED) is 0.843. The molecular formula is C17H19ClF2N4. The van der Waals surface area contributed by atoms with E-state index >= 15 is 0 Å². The molecule has 1 aliphatic rings. The predicted octanol–water partition coefficient (Wildman–Crippen LogP) is 3.51. The second kappa shape index (κ2) is 7.40. The fourth-order valence-corrected chi connectivity index (χ4v) is 3.21. The lowest BCUT2D eigenvalue weighted by Crippen LogP contribution is -2.43. The molecule has 7 heteroatoms. The van der Waals surface area contributed by atoms with Crippen molar-refractivity contribution in [1.82, 2.24) is 15.1 Å². The van der Waals surface area contributed by atoms with Crippen molar-refractivity contribution in [3.8, 4) is 0 Å². The van der Waals surface area contributed by atoms with Crippen LogP contribution in [0, 0.1) is 11.6 Å². The fraction of sp³-hybridized carbons (Fsp3) is 0.412. The number of anilines is 1. The second-order valence-electron chi connectivity index (χ2n) is 6.11. The second-order valence-corrected chi connectivity index (χ2v) is 6.50. The van der Waals surface area contributed by atoms with E-state index in [9.17, 15) is 8.78 Å². The van der Waals surface area contributed by atoms with Gasteiger partial charge >= 0.3 is 0 Å². The molecule has 1 aromatic carbocycles. The lowest BCUT2D eigenvalue weighted by molar-refractivity contribution is 0.202. The summed E-state index contributed by atoms with van der Waals surface area (Å²) >= 11 is 5.77. The molecule has 2 aromatic rings. The van der Waals surface area contributed by atoms with Crippen LogP contribution in [0.1, 0.15) is 18.4 Å². The number of hydrogen-bond donors (Lipinski definition) is 0. The zero-order valence-electron chi connectivity index (χ0n) is 13.4. The zero-order chi connectivity index (χ0) is 17.1. The highest BCUT2D eigenvalue weighted by Crippen LogP contribution is 2.22. The maximum atomic E-state index is 13.3. The third-order valence-corrected chi connectivity index (χ3v) is 4.61. The van der Waals surface area contributed by atoms with Crippen LogP contribution in [-0.4, -0.2) is 41.3 Å². The smallest absolute Gasteiger partial charge is 0.151 e. The molecule has 0 amide bonds. The van der Waals surface area contributed by atoms with Crippen LogP contribution >= 0.6 is 11.6 Å². The largest absolute Gasteiger partial charge is 0.355 e. The molecule has 0 saturated carbocycles. The Labute approximate surface area is 145 Å². The van der Waals surface area contributed by atoms with Crippen LogP contribution in [0.3, 0.4) is 0 Å². The number of benzene rings is 1. The number of likely N-dealkylation sites (tertiary alicyclic amines) is 1. The van der Waals surface area contributed by atoms with Gasteiger partial charge in [-0.1, -0.05) is 11.6 Å². The fourth-order valence-electron chi connectivity index (χ4n) is 3.11. The van der Waals surface area contributed by atoms with Crippen molar-refractivity contribution in [2.24, 2.45) is 0 Å². The van der Waals surface area contributed by atoms with Crippen molar-refractivity contribution in [1.29, 1.82) is 0 Å². The first-order valence-corrected chi connectivity index (χ1v) is 8.28. The average molecular weight is 353 g/mol. The molecule has 1 aliphatic heterocycles. The van der Waals surface area contributed by atoms with Crippen LogP contribution in [0.15, 0.2) is 30.3 Å². The van der Waals surface area contributed by atoms with Crippen molar-refractivity contribution in [2.75, 3.05) is 25.0 Å². The normalized spacial score (nSPS) is 16.3. The Hall–Kier alpha value is -1.79. The predicted molar refractivity (Wildman–Crippen MR) is 90.1 cm³/mol. The van der Waals surface area contributed by atoms with Gasteiger partial charge in [-0.2, -0.15) is 0 Å². The molecule has 1 saturated heterocycles. The van der Waals surface area contributed by atoms with E-state index < -0.39 is 11.6 Å². The van der Waals surface area contributed by atoms with E-state index in [1.54, 1.807) is 6.07 Å². The van der Waals surface area contributed by atoms with Crippen molar-refractivity contribution < 1.29 is 8.78 Å². The average Bonchev–Trinajstić information content (AvgIpc) is 2.55. The number of aromatic nitrogens is 2. The van der Waals surface area contributed by atoms with E-state index in [2.05, 4.69) is 20.0 Å². The van der Waals surface area contributed by atoms with E-state index in [0.29, 0.717) is 23.3 Å². The Morgan fingerprint density at radius 3 is 2.38 bits per heavy atom. The van der Waals surface area contributed by atoms with Gasteiger partial charge in [-0.3, -0.25) is 4.90 Å². The summed E-state index contributed by atoms with van der Waals surface area (Å²) in [5.41, 5.74) is 0.669. The van der Waals surface area contributed by atoms with E-state index in [1.807, 2.05) is 13.1 Å². The van der Waals surface area contributed by atoms with Gasteiger partial charge in [0.25, 0.3) is 0 Å². The minimum Gasteiger partial charge on any atom is -0.355 e. The van der Waals surface area contributed by atoms with E-state index in [4.69, 9.17) is 11.6 Å². The zero-order valence-corrected chi connectivity index (χ0v) is 14.2. The Bertz CT molecular complexity index is 667. The van der Waals surface area contributed by atoms with E-state index in [1.165, 1.54) is 12.1 Å². The lowest BCUT2D eigenvalue weighted by Gasteiger charge is -2.37. The number of nitrogens with zero attached hydrogens (tertiary/aromatic N) is 4. The molecule has 128 valence electrons. The highest BCUT2D eigenvalue weighted by Gasteiger charge is 2.23. The van der Waals surface area contributed by atoms with Crippen molar-refractivity contribution in [3.05, 3.63) is 52.7 Å². The number of piperidine rings is 1. The summed E-state index contributed by atoms with van der Waals surface area (Å²) in [4.78, 5) is 4.33. The third kappa shape index (κ3) is 4.19. The van der Waals surface area contributed by atoms with Gasteiger partial charge in [-0.15, -0.1) is 10.2 Å². The number of rotatable bonds is 4. The summed E-state index contributed by atoms with van der Waals surface area (Å²) in [5, 5.41) is 8.36. The molecule has 4 nitrogen and oxygen atoms in total. The molecule has 1 aromatic heterocycles. The summed E-state index contributed by atoms with van der Waals surface area (Å²) in [5.74, 6) is -0.257. The van der Waals surface area contributed by atoms with E-state index in [0.717, 1.165) is 37.8 Å². The van der Waals surface area contributed by atoms with Gasteiger partial charge in [-0.05, 0) is 42.7 Å². The third-order valence-electron chi connectivity index (χ3n) is 4.41. The molecule has 0 radical (unpaired) electrons. The first-order chi connectivity index (χ1) is 11.5. The van der Waals surface area contributed by atoms with Crippen molar-refractivity contribution >= 4 is 17.4 Å².